The first-order chi connectivity index (χ1) is 9.60. The maximum Gasteiger partial charge on any atom is 0.150 e. The van der Waals surface area contributed by atoms with Gasteiger partial charge in [0.15, 0.2) is 0 Å². The zero-order valence-electron chi connectivity index (χ0n) is 12.3. The Morgan fingerprint density at radius 1 is 1.05 bits per heavy atom. The van der Waals surface area contributed by atoms with Crippen LogP contribution in [0.3, 0.4) is 0 Å². The molecule has 20 heavy (non-hydrogen) atoms. The van der Waals surface area contributed by atoms with Crippen molar-refractivity contribution >= 4 is 6.29 Å². The summed E-state index contributed by atoms with van der Waals surface area (Å²) in [5.74, 6) is 0.747. The van der Waals surface area contributed by atoms with Gasteiger partial charge in [-0.2, -0.15) is 0 Å². The van der Waals surface area contributed by atoms with Crippen molar-refractivity contribution in [2.24, 2.45) is 0 Å². The van der Waals surface area contributed by atoms with Crippen molar-refractivity contribution in [1.82, 2.24) is 0 Å². The number of carbonyl (C=O) groups excluding carboxylic acids is 1. The molecule has 2 aromatic carbocycles. The van der Waals surface area contributed by atoms with Gasteiger partial charge in [-0.3, -0.25) is 4.79 Å². The molecule has 0 aliphatic carbocycles. The standard InChI is InChI=1S/C18H20O2/c1-13-9-14(2)18(15(3)10-13)7-8-20-17-6-4-5-16(11-17)12-19/h4-6,9-12H,7-8H2,1-3H3. The van der Waals surface area contributed by atoms with Crippen LogP contribution in [-0.2, 0) is 6.42 Å². The predicted molar refractivity (Wildman–Crippen MR) is 81.7 cm³/mol. The molecule has 0 amide bonds. The highest BCUT2D eigenvalue weighted by molar-refractivity contribution is 5.75. The van der Waals surface area contributed by atoms with E-state index >= 15 is 0 Å². The summed E-state index contributed by atoms with van der Waals surface area (Å²) in [7, 11) is 0. The number of ether oxygens (including phenoxy) is 1. The minimum atomic E-state index is 0.618. The molecule has 2 aromatic rings. The number of aldehydes is 1. The summed E-state index contributed by atoms with van der Waals surface area (Å²) in [4.78, 5) is 10.7. The molecule has 2 heteroatoms. The average molecular weight is 268 g/mol. The van der Waals surface area contributed by atoms with Gasteiger partial charge in [-0.15, -0.1) is 0 Å². The molecule has 0 aromatic heterocycles. The lowest BCUT2D eigenvalue weighted by molar-refractivity contribution is 0.112. The van der Waals surface area contributed by atoms with Gasteiger partial charge in [-0.05, 0) is 49.6 Å². The van der Waals surface area contributed by atoms with E-state index in [4.69, 9.17) is 4.74 Å². The van der Waals surface area contributed by atoms with Gasteiger partial charge in [-0.25, -0.2) is 0 Å². The van der Waals surface area contributed by atoms with Gasteiger partial charge in [0.2, 0.25) is 0 Å². The molecule has 2 rings (SSSR count). The fourth-order valence-corrected chi connectivity index (χ4v) is 2.55. The van der Waals surface area contributed by atoms with E-state index in [1.54, 1.807) is 12.1 Å². The van der Waals surface area contributed by atoms with Crippen molar-refractivity contribution in [2.75, 3.05) is 6.61 Å². The van der Waals surface area contributed by atoms with Crippen molar-refractivity contribution in [1.29, 1.82) is 0 Å². The molecular weight excluding hydrogens is 248 g/mol. The largest absolute Gasteiger partial charge is 0.493 e. The fourth-order valence-electron chi connectivity index (χ4n) is 2.55. The number of benzene rings is 2. The topological polar surface area (TPSA) is 26.3 Å². The minimum Gasteiger partial charge on any atom is -0.493 e. The van der Waals surface area contributed by atoms with Gasteiger partial charge >= 0.3 is 0 Å². The lowest BCUT2D eigenvalue weighted by Gasteiger charge is -2.12. The number of hydrogen-bond acceptors (Lipinski definition) is 2. The van der Waals surface area contributed by atoms with Gasteiger partial charge < -0.3 is 4.74 Å². The van der Waals surface area contributed by atoms with Crippen LogP contribution in [0.1, 0.15) is 32.6 Å². The van der Waals surface area contributed by atoms with Crippen molar-refractivity contribution in [3.05, 3.63) is 64.2 Å². The lowest BCUT2D eigenvalue weighted by Crippen LogP contribution is -2.05. The second-order valence-corrected chi connectivity index (χ2v) is 5.17. The minimum absolute atomic E-state index is 0.618. The summed E-state index contributed by atoms with van der Waals surface area (Å²) in [5.41, 5.74) is 5.91. The Bertz CT molecular complexity index is 592. The zero-order chi connectivity index (χ0) is 14.5. The molecule has 0 aliphatic rings. The Labute approximate surface area is 120 Å². The summed E-state index contributed by atoms with van der Waals surface area (Å²) in [6, 6.07) is 11.7. The number of carbonyl (C=O) groups is 1. The van der Waals surface area contributed by atoms with Crippen molar-refractivity contribution in [3.8, 4) is 5.75 Å². The molecule has 0 heterocycles. The third kappa shape index (κ3) is 3.47. The highest BCUT2D eigenvalue weighted by atomic mass is 16.5. The first-order valence-corrected chi connectivity index (χ1v) is 6.85. The Morgan fingerprint density at radius 2 is 1.75 bits per heavy atom. The Kier molecular flexibility index (Phi) is 4.57. The highest BCUT2D eigenvalue weighted by Crippen LogP contribution is 2.18. The van der Waals surface area contributed by atoms with Crippen molar-refractivity contribution in [2.45, 2.75) is 27.2 Å². The predicted octanol–water partition coefficient (Wildman–Crippen LogP) is 4.05. The van der Waals surface area contributed by atoms with E-state index in [2.05, 4.69) is 32.9 Å². The van der Waals surface area contributed by atoms with Crippen molar-refractivity contribution in [3.63, 3.8) is 0 Å². The molecule has 0 saturated carbocycles. The Balaban J connectivity index is 2.01. The van der Waals surface area contributed by atoms with Crippen LogP contribution in [0.15, 0.2) is 36.4 Å². The van der Waals surface area contributed by atoms with E-state index in [1.165, 1.54) is 22.3 Å². The van der Waals surface area contributed by atoms with Crippen LogP contribution in [0.25, 0.3) is 0 Å². The normalized spacial score (nSPS) is 10.3. The van der Waals surface area contributed by atoms with Crippen LogP contribution >= 0.6 is 0 Å². The summed E-state index contributed by atoms with van der Waals surface area (Å²) < 4.78 is 5.73. The van der Waals surface area contributed by atoms with Crippen LogP contribution in [0, 0.1) is 20.8 Å². The third-order valence-corrected chi connectivity index (χ3v) is 3.46. The number of hydrogen-bond donors (Lipinski definition) is 0. The van der Waals surface area contributed by atoms with E-state index in [9.17, 15) is 4.79 Å². The third-order valence-electron chi connectivity index (χ3n) is 3.46. The van der Waals surface area contributed by atoms with Crippen LogP contribution in [0.4, 0.5) is 0 Å². The zero-order valence-corrected chi connectivity index (χ0v) is 12.3. The van der Waals surface area contributed by atoms with E-state index in [1.807, 2.05) is 12.1 Å². The molecule has 0 saturated heterocycles. The molecule has 104 valence electrons. The fraction of sp³-hybridized carbons (Fsp3) is 0.278. The first kappa shape index (κ1) is 14.3. The second kappa shape index (κ2) is 6.38. The Hall–Kier alpha value is -2.09. The van der Waals surface area contributed by atoms with Gasteiger partial charge in [-0.1, -0.05) is 29.8 Å². The summed E-state index contributed by atoms with van der Waals surface area (Å²) in [6.07, 6.45) is 1.71. The van der Waals surface area contributed by atoms with Crippen LogP contribution in [0.5, 0.6) is 5.75 Å². The van der Waals surface area contributed by atoms with E-state index < -0.39 is 0 Å². The molecular formula is C18H20O2. The van der Waals surface area contributed by atoms with Crippen LogP contribution < -0.4 is 4.74 Å². The maximum absolute atomic E-state index is 10.7. The van der Waals surface area contributed by atoms with Crippen LogP contribution in [0.2, 0.25) is 0 Å². The molecule has 0 unspecified atom stereocenters. The molecule has 0 bridgehead atoms. The number of rotatable bonds is 5. The smallest absolute Gasteiger partial charge is 0.150 e. The van der Waals surface area contributed by atoms with Crippen molar-refractivity contribution < 1.29 is 9.53 Å². The summed E-state index contributed by atoms with van der Waals surface area (Å²) in [6.45, 7) is 7.02. The first-order valence-electron chi connectivity index (χ1n) is 6.85. The lowest BCUT2D eigenvalue weighted by atomic mass is 9.98. The molecule has 0 radical (unpaired) electrons. The molecule has 0 atom stereocenters. The molecule has 0 fully saturated rings. The molecule has 0 spiro atoms. The maximum atomic E-state index is 10.7. The van der Waals surface area contributed by atoms with E-state index in [0.29, 0.717) is 12.2 Å². The monoisotopic (exact) mass is 268 g/mol. The SMILES string of the molecule is Cc1cc(C)c(CCOc2cccc(C=O)c2)c(C)c1. The Morgan fingerprint density at radius 3 is 2.40 bits per heavy atom. The van der Waals surface area contributed by atoms with Gasteiger partial charge in [0.05, 0.1) is 6.61 Å². The van der Waals surface area contributed by atoms with E-state index in [0.717, 1.165) is 18.5 Å². The number of aryl methyl sites for hydroxylation is 3. The van der Waals surface area contributed by atoms with Crippen LogP contribution in [-0.4, -0.2) is 12.9 Å². The van der Waals surface area contributed by atoms with Gasteiger partial charge in [0.1, 0.15) is 12.0 Å². The average Bonchev–Trinajstić information content (AvgIpc) is 2.42. The summed E-state index contributed by atoms with van der Waals surface area (Å²) >= 11 is 0. The van der Waals surface area contributed by atoms with Gasteiger partial charge in [0, 0.05) is 12.0 Å². The quantitative estimate of drug-likeness (QED) is 0.765. The molecule has 0 N–H and O–H groups in total. The highest BCUT2D eigenvalue weighted by Gasteiger charge is 2.04. The summed E-state index contributed by atoms with van der Waals surface area (Å²) in [5, 5.41) is 0. The molecule has 2 nitrogen and oxygen atoms in total. The molecule has 0 aliphatic heterocycles. The van der Waals surface area contributed by atoms with Gasteiger partial charge in [0.25, 0.3) is 0 Å². The van der Waals surface area contributed by atoms with E-state index in [-0.39, 0.29) is 0 Å². The second-order valence-electron chi connectivity index (χ2n) is 5.17.